The summed E-state index contributed by atoms with van der Waals surface area (Å²) in [6.07, 6.45) is 7.76. The minimum Gasteiger partial charge on any atom is -0.468 e. The van der Waals surface area contributed by atoms with E-state index in [1.165, 1.54) is 26.4 Å². The first-order chi connectivity index (χ1) is 9.58. The summed E-state index contributed by atoms with van der Waals surface area (Å²) in [5.41, 5.74) is -0.515. The second-order valence-corrected chi connectivity index (χ2v) is 5.80. The monoisotopic (exact) mass is 279 g/mol. The first kappa shape index (κ1) is 16.7. The van der Waals surface area contributed by atoms with Gasteiger partial charge in [0.2, 0.25) is 0 Å². The molecule has 0 bridgehead atoms. The molecule has 0 saturated heterocycles. The van der Waals surface area contributed by atoms with Crippen LogP contribution in [0.5, 0.6) is 0 Å². The summed E-state index contributed by atoms with van der Waals surface area (Å²) in [4.78, 5) is 23.4. The predicted octanol–water partition coefficient (Wildman–Crippen LogP) is 3.40. The molecule has 1 fully saturated rings. The van der Waals surface area contributed by atoms with Crippen LogP contribution in [0.3, 0.4) is 0 Å². The van der Waals surface area contributed by atoms with Crippen LogP contribution >= 0.6 is 0 Å². The molecule has 0 heterocycles. The van der Waals surface area contributed by atoms with E-state index in [9.17, 15) is 14.9 Å². The van der Waals surface area contributed by atoms with Crippen molar-refractivity contribution in [3.05, 3.63) is 0 Å². The zero-order valence-electron chi connectivity index (χ0n) is 12.6. The maximum atomic E-state index is 11.8. The van der Waals surface area contributed by atoms with Crippen LogP contribution < -0.4 is 0 Å². The van der Waals surface area contributed by atoms with Gasteiger partial charge in [0.15, 0.2) is 0 Å². The molecule has 2 unspecified atom stereocenters. The van der Waals surface area contributed by atoms with Crippen LogP contribution in [-0.4, -0.2) is 18.9 Å². The van der Waals surface area contributed by atoms with E-state index in [1.54, 1.807) is 0 Å². The minimum atomic E-state index is -0.732. The van der Waals surface area contributed by atoms with Gasteiger partial charge < -0.3 is 4.74 Å². The Labute approximate surface area is 121 Å². The Morgan fingerprint density at radius 2 is 2.10 bits per heavy atom. The van der Waals surface area contributed by atoms with Crippen LogP contribution in [0.25, 0.3) is 0 Å². The lowest BCUT2D eigenvalue weighted by Gasteiger charge is -2.33. The second kappa shape index (κ2) is 8.04. The van der Waals surface area contributed by atoms with Crippen molar-refractivity contribution in [3.8, 4) is 6.07 Å². The molecular weight excluding hydrogens is 254 g/mol. The van der Waals surface area contributed by atoms with Crippen LogP contribution in [0.15, 0.2) is 0 Å². The van der Waals surface area contributed by atoms with Crippen molar-refractivity contribution in [3.63, 3.8) is 0 Å². The van der Waals surface area contributed by atoms with E-state index < -0.39 is 17.3 Å². The summed E-state index contributed by atoms with van der Waals surface area (Å²) in [6.45, 7) is 2.17. The van der Waals surface area contributed by atoms with Crippen molar-refractivity contribution in [1.29, 1.82) is 5.26 Å². The van der Waals surface area contributed by atoms with Crippen LogP contribution in [0.2, 0.25) is 0 Å². The highest BCUT2D eigenvalue weighted by molar-refractivity contribution is 5.99. The molecule has 4 heteroatoms. The summed E-state index contributed by atoms with van der Waals surface area (Å²) >= 11 is 0. The summed E-state index contributed by atoms with van der Waals surface area (Å²) < 4.78 is 4.69. The Hall–Kier alpha value is -1.37. The van der Waals surface area contributed by atoms with Gasteiger partial charge in [0.05, 0.1) is 18.6 Å². The molecular formula is C16H25NO3. The number of esters is 1. The van der Waals surface area contributed by atoms with E-state index in [4.69, 9.17) is 0 Å². The fourth-order valence-electron chi connectivity index (χ4n) is 2.95. The van der Waals surface area contributed by atoms with Gasteiger partial charge in [-0.1, -0.05) is 39.0 Å². The molecule has 0 amide bonds. The van der Waals surface area contributed by atoms with Crippen molar-refractivity contribution in [2.24, 2.45) is 11.3 Å². The van der Waals surface area contributed by atoms with Crippen LogP contribution in [0.1, 0.15) is 64.7 Å². The minimum absolute atomic E-state index is 0.0753. The van der Waals surface area contributed by atoms with Gasteiger partial charge in [0.25, 0.3) is 0 Å². The average molecular weight is 279 g/mol. The topological polar surface area (TPSA) is 67.2 Å². The number of ketones is 1. The van der Waals surface area contributed by atoms with Gasteiger partial charge in [-0.15, -0.1) is 0 Å². The summed E-state index contributed by atoms with van der Waals surface area (Å²) in [6, 6.07) is 2.38. The molecule has 0 aliphatic heterocycles. The number of nitrogens with zero attached hydrogens (tertiary/aromatic N) is 1. The summed E-state index contributed by atoms with van der Waals surface area (Å²) in [5, 5.41) is 9.49. The van der Waals surface area contributed by atoms with Crippen LogP contribution in [-0.2, 0) is 14.3 Å². The van der Waals surface area contributed by atoms with Crippen molar-refractivity contribution in [2.45, 2.75) is 64.7 Å². The Morgan fingerprint density at radius 3 is 2.70 bits per heavy atom. The maximum Gasteiger partial charge on any atom is 0.316 e. The van der Waals surface area contributed by atoms with Crippen LogP contribution in [0.4, 0.5) is 0 Å². The summed E-state index contributed by atoms with van der Waals surface area (Å²) in [7, 11) is 1.29. The first-order valence-corrected chi connectivity index (χ1v) is 7.60. The lowest BCUT2D eigenvalue weighted by atomic mass is 9.67. The average Bonchev–Trinajstić information content (AvgIpc) is 2.48. The lowest BCUT2D eigenvalue weighted by Crippen LogP contribution is -2.38. The number of methoxy groups -OCH3 is 1. The van der Waals surface area contributed by atoms with Gasteiger partial charge in [0, 0.05) is 6.42 Å². The number of carbonyl (C=O) groups is 2. The number of hydrogen-bond donors (Lipinski definition) is 0. The number of nitriles is 1. The number of rotatable bonds is 7. The third-order valence-electron chi connectivity index (χ3n) is 4.32. The predicted molar refractivity (Wildman–Crippen MR) is 75.8 cm³/mol. The molecule has 20 heavy (non-hydrogen) atoms. The third-order valence-corrected chi connectivity index (χ3v) is 4.32. The molecule has 1 rings (SSSR count). The number of ether oxygens (including phenoxy) is 1. The standard InChI is InChI=1S/C16H25NO3/c1-3-4-5-6-7-9-16(12-17)10-8-14(18)13(11-16)15(19)20-2/h13H,3-11H2,1-2H3. The van der Waals surface area contributed by atoms with Gasteiger partial charge in [-0.2, -0.15) is 5.26 Å². The Balaban J connectivity index is 2.57. The molecule has 0 aromatic carbocycles. The number of unbranched alkanes of at least 4 members (excludes halogenated alkanes) is 4. The third kappa shape index (κ3) is 4.33. The highest BCUT2D eigenvalue weighted by atomic mass is 16.5. The largest absolute Gasteiger partial charge is 0.468 e. The molecule has 2 atom stereocenters. The van der Waals surface area contributed by atoms with Gasteiger partial charge in [0.1, 0.15) is 11.7 Å². The van der Waals surface area contributed by atoms with Gasteiger partial charge in [-0.25, -0.2) is 0 Å². The molecule has 1 aliphatic rings. The molecule has 1 saturated carbocycles. The zero-order chi connectivity index (χ0) is 15.0. The van der Waals surface area contributed by atoms with Crippen LogP contribution in [0, 0.1) is 22.7 Å². The van der Waals surface area contributed by atoms with E-state index in [2.05, 4.69) is 17.7 Å². The smallest absolute Gasteiger partial charge is 0.316 e. The Morgan fingerprint density at radius 1 is 1.40 bits per heavy atom. The van der Waals surface area contributed by atoms with E-state index in [0.717, 1.165) is 19.3 Å². The fraction of sp³-hybridized carbons (Fsp3) is 0.812. The van der Waals surface area contributed by atoms with E-state index in [1.807, 2.05) is 0 Å². The lowest BCUT2D eigenvalue weighted by molar-refractivity contribution is -0.152. The molecule has 0 aromatic heterocycles. The fourth-order valence-corrected chi connectivity index (χ4v) is 2.95. The maximum absolute atomic E-state index is 11.8. The molecule has 1 aliphatic carbocycles. The first-order valence-electron chi connectivity index (χ1n) is 7.60. The highest BCUT2D eigenvalue weighted by Crippen LogP contribution is 2.41. The summed E-state index contributed by atoms with van der Waals surface area (Å²) in [5.74, 6) is -1.29. The molecule has 0 aromatic rings. The SMILES string of the molecule is CCCCCCCC1(C#N)CCC(=O)C(C(=O)OC)C1. The molecule has 4 nitrogen and oxygen atoms in total. The van der Waals surface area contributed by atoms with Gasteiger partial charge in [-0.05, 0) is 19.3 Å². The second-order valence-electron chi connectivity index (χ2n) is 5.80. The van der Waals surface area contributed by atoms with E-state index in [0.29, 0.717) is 19.3 Å². The molecule has 112 valence electrons. The van der Waals surface area contributed by atoms with Gasteiger partial charge in [-0.3, -0.25) is 9.59 Å². The molecule has 0 N–H and O–H groups in total. The number of hydrogen-bond acceptors (Lipinski definition) is 4. The molecule has 0 spiro atoms. The van der Waals surface area contributed by atoms with Gasteiger partial charge >= 0.3 is 5.97 Å². The van der Waals surface area contributed by atoms with Crippen molar-refractivity contribution in [1.82, 2.24) is 0 Å². The van der Waals surface area contributed by atoms with Crippen molar-refractivity contribution >= 4 is 11.8 Å². The quantitative estimate of drug-likeness (QED) is 0.407. The highest BCUT2D eigenvalue weighted by Gasteiger charge is 2.43. The molecule has 0 radical (unpaired) electrons. The van der Waals surface area contributed by atoms with E-state index in [-0.39, 0.29) is 5.78 Å². The Kier molecular flexibility index (Phi) is 6.70. The Bertz CT molecular complexity index is 378. The normalized spacial score (nSPS) is 26.1. The zero-order valence-corrected chi connectivity index (χ0v) is 12.6. The van der Waals surface area contributed by atoms with Crippen molar-refractivity contribution < 1.29 is 14.3 Å². The number of carbonyl (C=O) groups excluding carboxylic acids is 2. The number of Topliss-reactive ketones (excluding diaryl/α,β-unsaturated/α-hetero) is 1. The van der Waals surface area contributed by atoms with E-state index >= 15 is 0 Å². The van der Waals surface area contributed by atoms with Crippen molar-refractivity contribution in [2.75, 3.05) is 7.11 Å².